The van der Waals surface area contributed by atoms with Crippen molar-refractivity contribution in [2.24, 2.45) is 0 Å². The van der Waals surface area contributed by atoms with Crippen molar-refractivity contribution >= 4 is 37.8 Å². The van der Waals surface area contributed by atoms with E-state index in [1.807, 2.05) is 49.4 Å². The van der Waals surface area contributed by atoms with Crippen LogP contribution in [0.2, 0.25) is 0 Å². The smallest absolute Gasteiger partial charge is 0.229 e. The van der Waals surface area contributed by atoms with Crippen LogP contribution in [0.25, 0.3) is 27.7 Å². The Morgan fingerprint density at radius 3 is 2.55 bits per heavy atom. The highest BCUT2D eigenvalue weighted by Gasteiger charge is 2.23. The van der Waals surface area contributed by atoms with Gasteiger partial charge in [0.25, 0.3) is 0 Å². The number of allylic oxidation sites excluding steroid dienone is 1. The summed E-state index contributed by atoms with van der Waals surface area (Å²) in [5, 5.41) is 5.52. The number of nitrogens with one attached hydrogen (secondary N) is 1. The van der Waals surface area contributed by atoms with E-state index in [0.717, 1.165) is 62.0 Å². The molecule has 4 aromatic carbocycles. The Kier molecular flexibility index (Phi) is 5.76. The Hall–Kier alpha value is -4.43. The number of fused-ring (bicyclic) bond motifs is 3. The Balaban J connectivity index is 1.57. The molecule has 8 heteroatoms. The van der Waals surface area contributed by atoms with Crippen molar-refractivity contribution in [2.45, 2.75) is 13.5 Å². The highest BCUT2D eigenvalue weighted by atomic mass is 32.2. The molecule has 0 aliphatic carbocycles. The molecule has 0 fully saturated rings. The fourth-order valence-corrected chi connectivity index (χ4v) is 5.49. The molecule has 0 spiro atoms. The highest BCUT2D eigenvalue weighted by Crippen LogP contribution is 2.42. The van der Waals surface area contributed by atoms with Crippen LogP contribution in [0.5, 0.6) is 5.75 Å². The van der Waals surface area contributed by atoms with Gasteiger partial charge in [0.1, 0.15) is 18.2 Å². The number of benzene rings is 4. The van der Waals surface area contributed by atoms with Crippen LogP contribution in [-0.2, 0) is 16.6 Å². The van der Waals surface area contributed by atoms with Gasteiger partial charge < -0.3 is 4.74 Å². The summed E-state index contributed by atoms with van der Waals surface area (Å²) in [6, 6.07) is 25.7. The minimum Gasteiger partial charge on any atom is -0.488 e. The Bertz CT molecular complexity index is 1840. The Morgan fingerprint density at radius 1 is 0.974 bits per heavy atom. The van der Waals surface area contributed by atoms with E-state index in [1.54, 1.807) is 29.1 Å². The molecule has 1 aliphatic rings. The van der Waals surface area contributed by atoms with Gasteiger partial charge in [0.05, 0.1) is 23.7 Å². The Morgan fingerprint density at radius 2 is 1.76 bits per heavy atom. The monoisotopic (exact) mass is 525 g/mol. The third kappa shape index (κ3) is 4.43. The average molecular weight is 526 g/mol. The summed E-state index contributed by atoms with van der Waals surface area (Å²) >= 11 is 0. The number of hydrogen-bond donors (Lipinski definition) is 1. The number of ether oxygens (including phenoxy) is 1. The van der Waals surface area contributed by atoms with E-state index in [9.17, 15) is 12.8 Å². The van der Waals surface area contributed by atoms with Crippen LogP contribution in [0, 0.1) is 5.82 Å². The minimum atomic E-state index is -3.41. The first-order valence-corrected chi connectivity index (χ1v) is 13.9. The number of anilines is 1. The van der Waals surface area contributed by atoms with Crippen molar-refractivity contribution in [2.75, 3.05) is 11.0 Å². The summed E-state index contributed by atoms with van der Waals surface area (Å²) in [4.78, 5) is 0. The third-order valence-corrected chi connectivity index (χ3v) is 7.25. The number of sulfonamides is 1. The molecule has 0 amide bonds. The van der Waals surface area contributed by atoms with E-state index < -0.39 is 10.0 Å². The van der Waals surface area contributed by atoms with Crippen molar-refractivity contribution in [1.29, 1.82) is 0 Å². The summed E-state index contributed by atoms with van der Waals surface area (Å²) < 4.78 is 47.8. The largest absolute Gasteiger partial charge is 0.488 e. The van der Waals surface area contributed by atoms with Gasteiger partial charge in [0, 0.05) is 16.6 Å². The molecule has 0 atom stereocenters. The number of nitrogens with zero attached hydrogens (tertiary/aromatic N) is 2. The maximum atomic E-state index is 13.5. The lowest BCUT2D eigenvalue weighted by Crippen LogP contribution is -2.09. The summed E-state index contributed by atoms with van der Waals surface area (Å²) in [5.41, 5.74) is 7.97. The lowest BCUT2D eigenvalue weighted by molar-refractivity contribution is 0.307. The van der Waals surface area contributed by atoms with Crippen LogP contribution in [0.4, 0.5) is 10.1 Å². The predicted octanol–water partition coefficient (Wildman–Crippen LogP) is 6.41. The first-order valence-electron chi connectivity index (χ1n) is 12.0. The highest BCUT2D eigenvalue weighted by molar-refractivity contribution is 7.92. The zero-order valence-corrected chi connectivity index (χ0v) is 21.6. The van der Waals surface area contributed by atoms with Gasteiger partial charge in [-0.05, 0) is 89.4 Å². The fourth-order valence-electron chi connectivity index (χ4n) is 4.94. The summed E-state index contributed by atoms with van der Waals surface area (Å²) in [5.74, 6) is 0.471. The van der Waals surface area contributed by atoms with Crippen molar-refractivity contribution < 1.29 is 17.5 Å². The second-order valence-electron chi connectivity index (χ2n) is 9.34. The first-order chi connectivity index (χ1) is 18.3. The molecule has 1 aromatic heterocycles. The Labute approximate surface area is 220 Å². The molecule has 0 saturated carbocycles. The number of hydrogen-bond acceptors (Lipinski definition) is 4. The summed E-state index contributed by atoms with van der Waals surface area (Å²) in [6.07, 6.45) is 2.94. The number of rotatable bonds is 4. The molecule has 1 aliphatic heterocycles. The predicted molar refractivity (Wildman–Crippen MR) is 148 cm³/mol. The van der Waals surface area contributed by atoms with E-state index >= 15 is 0 Å². The van der Waals surface area contributed by atoms with Gasteiger partial charge >= 0.3 is 0 Å². The van der Waals surface area contributed by atoms with E-state index in [4.69, 9.17) is 4.74 Å². The maximum absolute atomic E-state index is 13.5. The lowest BCUT2D eigenvalue weighted by Gasteiger charge is -2.16. The zero-order chi connectivity index (χ0) is 26.4. The van der Waals surface area contributed by atoms with Crippen molar-refractivity contribution in [3.63, 3.8) is 0 Å². The number of halogens is 1. The van der Waals surface area contributed by atoms with Gasteiger partial charge in [-0.25, -0.2) is 17.5 Å². The molecule has 0 unspecified atom stereocenters. The quantitative estimate of drug-likeness (QED) is 0.294. The molecule has 0 saturated heterocycles. The van der Waals surface area contributed by atoms with Gasteiger partial charge in [-0.15, -0.1) is 0 Å². The molecular formula is C30H24FN3O3S. The molecule has 190 valence electrons. The van der Waals surface area contributed by atoms with Gasteiger partial charge in [0.2, 0.25) is 10.0 Å². The molecule has 0 bridgehead atoms. The SMILES string of the molecule is C/C(=C1\c2cc3cnn(-c4ccc(F)cc4)c3cc2COc2ccccc21)c1cccc(NS(C)(=O)=O)c1. The van der Waals surface area contributed by atoms with Gasteiger partial charge in [-0.3, -0.25) is 4.72 Å². The molecule has 38 heavy (non-hydrogen) atoms. The summed E-state index contributed by atoms with van der Waals surface area (Å²) in [7, 11) is -3.41. The van der Waals surface area contributed by atoms with E-state index in [0.29, 0.717) is 12.3 Å². The van der Waals surface area contributed by atoms with Crippen LogP contribution in [-0.4, -0.2) is 24.5 Å². The number of para-hydroxylation sites is 1. The molecule has 5 aromatic rings. The van der Waals surface area contributed by atoms with Crippen LogP contribution < -0.4 is 9.46 Å². The van der Waals surface area contributed by atoms with E-state index in [2.05, 4.69) is 22.0 Å². The lowest BCUT2D eigenvalue weighted by atomic mass is 9.87. The maximum Gasteiger partial charge on any atom is 0.229 e. The van der Waals surface area contributed by atoms with Crippen LogP contribution >= 0.6 is 0 Å². The van der Waals surface area contributed by atoms with Crippen molar-refractivity contribution in [3.05, 3.63) is 119 Å². The van der Waals surface area contributed by atoms with E-state index in [-0.39, 0.29) is 5.82 Å². The van der Waals surface area contributed by atoms with Gasteiger partial charge in [-0.2, -0.15) is 5.10 Å². The molecule has 0 radical (unpaired) electrons. The van der Waals surface area contributed by atoms with Crippen molar-refractivity contribution in [3.8, 4) is 11.4 Å². The average Bonchev–Trinajstić information content (AvgIpc) is 3.22. The standard InChI is InChI=1S/C30H24FN3O3S/c1-19(20-6-5-7-24(14-20)33-38(2,35)36)30-26-8-3-4-9-29(26)37-18-22-16-28-21(15-27(22)30)17-32-34(28)25-12-10-23(31)11-13-25/h3-17,33H,18H2,1-2H3/b30-19+. The molecule has 6 nitrogen and oxygen atoms in total. The van der Waals surface area contributed by atoms with E-state index in [1.165, 1.54) is 12.1 Å². The normalized spacial score (nSPS) is 14.3. The molecular weight excluding hydrogens is 501 g/mol. The first kappa shape index (κ1) is 23.9. The van der Waals surface area contributed by atoms with Crippen LogP contribution in [0.15, 0.2) is 91.1 Å². The zero-order valence-electron chi connectivity index (χ0n) is 20.8. The van der Waals surface area contributed by atoms with Gasteiger partial charge in [-0.1, -0.05) is 30.3 Å². The summed E-state index contributed by atoms with van der Waals surface area (Å²) in [6.45, 7) is 2.40. The van der Waals surface area contributed by atoms with Crippen molar-refractivity contribution in [1.82, 2.24) is 9.78 Å². The molecule has 6 rings (SSSR count). The molecule has 1 N–H and O–H groups in total. The number of aromatic nitrogens is 2. The third-order valence-electron chi connectivity index (χ3n) is 6.65. The van der Waals surface area contributed by atoms with Crippen LogP contribution in [0.1, 0.15) is 29.2 Å². The van der Waals surface area contributed by atoms with Gasteiger partial charge in [0.15, 0.2) is 0 Å². The minimum absolute atomic E-state index is 0.300. The second kappa shape index (κ2) is 9.15. The van der Waals surface area contributed by atoms with Crippen LogP contribution in [0.3, 0.4) is 0 Å². The fraction of sp³-hybridized carbons (Fsp3) is 0.100. The molecule has 2 heterocycles. The topological polar surface area (TPSA) is 73.2 Å². The second-order valence-corrected chi connectivity index (χ2v) is 11.1.